The van der Waals surface area contributed by atoms with Crippen molar-refractivity contribution in [3.63, 3.8) is 0 Å². The van der Waals surface area contributed by atoms with Crippen molar-refractivity contribution in [2.24, 2.45) is 0 Å². The summed E-state index contributed by atoms with van der Waals surface area (Å²) in [4.78, 5) is 17.1. The molecule has 0 aromatic heterocycles. The summed E-state index contributed by atoms with van der Waals surface area (Å²) in [6.07, 6.45) is 2.23. The van der Waals surface area contributed by atoms with E-state index < -0.39 is 0 Å². The zero-order valence-electron chi connectivity index (χ0n) is 19.4. The van der Waals surface area contributed by atoms with E-state index in [-0.39, 0.29) is 17.4 Å². The van der Waals surface area contributed by atoms with E-state index in [1.165, 1.54) is 0 Å². The molecule has 0 bridgehead atoms. The lowest BCUT2D eigenvalue weighted by Crippen LogP contribution is -2.53. The molecule has 2 aliphatic heterocycles. The van der Waals surface area contributed by atoms with Gasteiger partial charge in [-0.2, -0.15) is 0 Å². The molecule has 36 heavy (non-hydrogen) atoms. The van der Waals surface area contributed by atoms with Gasteiger partial charge in [-0.05, 0) is 41.3 Å². The van der Waals surface area contributed by atoms with Crippen molar-refractivity contribution in [1.82, 2.24) is 0 Å². The summed E-state index contributed by atoms with van der Waals surface area (Å²) < 4.78 is 6.27. The molecule has 2 aliphatic rings. The van der Waals surface area contributed by atoms with Crippen molar-refractivity contribution in [1.29, 1.82) is 0 Å². The summed E-state index contributed by atoms with van der Waals surface area (Å²) in [5, 5.41) is 13.9. The molecule has 175 valence electrons. The average Bonchev–Trinajstić information content (AvgIpc) is 2.93. The van der Waals surface area contributed by atoms with Gasteiger partial charge in [0.15, 0.2) is 6.17 Å². The predicted molar refractivity (Wildman–Crippen MR) is 139 cm³/mol. The summed E-state index contributed by atoms with van der Waals surface area (Å²) in [5.74, 6) is -0.133. The Morgan fingerprint density at radius 2 is 1.31 bits per heavy atom. The van der Waals surface area contributed by atoms with Gasteiger partial charge < -0.3 is 14.7 Å². The normalized spacial score (nSPS) is 15.3. The van der Waals surface area contributed by atoms with Gasteiger partial charge in [-0.1, -0.05) is 91.0 Å². The Morgan fingerprint density at radius 3 is 2.03 bits per heavy atom. The number of carbonyl (C=O) groups is 1. The summed E-state index contributed by atoms with van der Waals surface area (Å²) in [6, 6.07) is 36.0. The number of nitrogens with zero attached hydrogens (tertiary/aromatic N) is 2. The second-order valence-corrected chi connectivity index (χ2v) is 8.52. The van der Waals surface area contributed by atoms with Gasteiger partial charge in [-0.3, -0.25) is 9.69 Å². The maximum Gasteiger partial charge on any atom is 0.262 e. The van der Waals surface area contributed by atoms with Gasteiger partial charge in [-0.25, -0.2) is 0 Å². The van der Waals surface area contributed by atoms with Crippen LogP contribution in [0, 0.1) is 6.17 Å². The number of benzene rings is 4. The molecule has 0 spiro atoms. The van der Waals surface area contributed by atoms with Crippen LogP contribution in [0.25, 0.3) is 11.3 Å². The van der Waals surface area contributed by atoms with Gasteiger partial charge in [0.05, 0.1) is 11.3 Å². The number of amides is 1. The molecule has 0 N–H and O–H groups in total. The molecule has 0 unspecified atom stereocenters. The number of fused-ring (bicyclic) bond motifs is 3. The van der Waals surface area contributed by atoms with E-state index in [1.807, 2.05) is 103 Å². The largest absolute Gasteiger partial charge is 0.859 e. The standard InChI is InChI=1S/C31H23N2O3/c34-30-29(23-14-6-2-7-15-23)31(35)33-26-19-11-10-18-25(26)27(36-21-22-12-4-1-5-13-22)20-28(33)32(30)24-16-8-3-9-17-24/h1-20,35H,21H2/p-1. The van der Waals surface area contributed by atoms with E-state index in [9.17, 15) is 9.90 Å². The lowest BCUT2D eigenvalue weighted by molar-refractivity contribution is -0.304. The second-order valence-electron chi connectivity index (χ2n) is 8.52. The molecular weight excluding hydrogens is 448 g/mol. The van der Waals surface area contributed by atoms with Crippen molar-refractivity contribution in [3.05, 3.63) is 150 Å². The van der Waals surface area contributed by atoms with Crippen LogP contribution in [0.4, 0.5) is 11.4 Å². The van der Waals surface area contributed by atoms with Crippen LogP contribution in [0.2, 0.25) is 0 Å². The first-order valence-corrected chi connectivity index (χ1v) is 11.7. The van der Waals surface area contributed by atoms with Gasteiger partial charge in [-0.15, -0.1) is 0 Å². The molecule has 5 heteroatoms. The Kier molecular flexibility index (Phi) is 5.51. The highest BCUT2D eigenvalue weighted by atomic mass is 16.5. The average molecular weight is 471 g/mol. The van der Waals surface area contributed by atoms with Crippen LogP contribution >= 0.6 is 0 Å². The number of ether oxygens (including phenoxy) is 1. The number of rotatable bonds is 5. The van der Waals surface area contributed by atoms with Gasteiger partial charge in [0.2, 0.25) is 0 Å². The first-order chi connectivity index (χ1) is 17.7. The Balaban J connectivity index is 1.52. The van der Waals surface area contributed by atoms with Crippen molar-refractivity contribution >= 4 is 28.6 Å². The Morgan fingerprint density at radius 1 is 0.694 bits per heavy atom. The maximum absolute atomic E-state index is 13.9. The second kappa shape index (κ2) is 9.12. The first-order valence-electron chi connectivity index (χ1n) is 11.7. The van der Waals surface area contributed by atoms with E-state index in [2.05, 4.69) is 0 Å². The van der Waals surface area contributed by atoms with Gasteiger partial charge in [0.25, 0.3) is 5.91 Å². The van der Waals surface area contributed by atoms with E-state index in [1.54, 1.807) is 28.0 Å². The molecule has 1 radical (unpaired) electrons. The minimum atomic E-state index is -0.373. The molecule has 6 rings (SSSR count). The fourth-order valence-electron chi connectivity index (χ4n) is 4.59. The van der Waals surface area contributed by atoms with Crippen LogP contribution in [-0.2, 0) is 16.1 Å². The van der Waals surface area contributed by atoms with E-state index in [0.717, 1.165) is 11.1 Å². The molecule has 0 saturated carbocycles. The third-order valence-corrected chi connectivity index (χ3v) is 6.28. The van der Waals surface area contributed by atoms with Gasteiger partial charge in [0, 0.05) is 17.3 Å². The first kappa shape index (κ1) is 21.7. The lowest BCUT2D eigenvalue weighted by Gasteiger charge is -2.49. The summed E-state index contributed by atoms with van der Waals surface area (Å²) >= 11 is 0. The van der Waals surface area contributed by atoms with Crippen LogP contribution in [-0.4, -0.2) is 5.91 Å². The number of carbonyl (C=O) groups excluding carboxylic acids is 1. The van der Waals surface area contributed by atoms with Gasteiger partial charge >= 0.3 is 0 Å². The highest BCUT2D eigenvalue weighted by molar-refractivity contribution is 6.30. The molecule has 0 aliphatic carbocycles. The predicted octanol–water partition coefficient (Wildman–Crippen LogP) is 5.33. The third-order valence-electron chi connectivity index (χ3n) is 6.28. The molecular formula is C31H22N2O3-. The maximum atomic E-state index is 13.9. The highest BCUT2D eigenvalue weighted by Crippen LogP contribution is 2.46. The minimum Gasteiger partial charge on any atom is -0.859 e. The Labute approximate surface area is 209 Å². The van der Waals surface area contributed by atoms with Crippen molar-refractivity contribution < 1.29 is 14.6 Å². The summed E-state index contributed by atoms with van der Waals surface area (Å²) in [6.45, 7) is 0.364. The lowest BCUT2D eigenvalue weighted by atomic mass is 9.96. The number of hydrogen-bond acceptors (Lipinski definition) is 4. The van der Waals surface area contributed by atoms with Crippen molar-refractivity contribution in [2.75, 3.05) is 9.80 Å². The molecule has 4 aromatic rings. The highest BCUT2D eigenvalue weighted by Gasteiger charge is 2.42. The van der Waals surface area contributed by atoms with Crippen LogP contribution in [0.15, 0.2) is 127 Å². The third kappa shape index (κ3) is 3.71. The zero-order valence-corrected chi connectivity index (χ0v) is 19.4. The van der Waals surface area contributed by atoms with Gasteiger partial charge in [0.1, 0.15) is 12.4 Å². The van der Waals surface area contributed by atoms with Crippen molar-refractivity contribution in [2.45, 2.75) is 6.61 Å². The monoisotopic (exact) mass is 470 g/mol. The number of anilines is 2. The quantitative estimate of drug-likeness (QED) is 0.396. The number of hydrogen-bond donors (Lipinski definition) is 0. The summed E-state index contributed by atoms with van der Waals surface area (Å²) in [5.41, 5.74) is 3.87. The van der Waals surface area contributed by atoms with Crippen LogP contribution in [0.1, 0.15) is 16.7 Å². The SMILES string of the molecule is O=C1C(c2ccccc2)=C([O-])N2[C](C=C(OCc3ccccc3)c3ccccc32)N1c1ccccc1. The Hall–Kier alpha value is -4.77. The van der Waals surface area contributed by atoms with Crippen LogP contribution in [0.5, 0.6) is 0 Å². The molecule has 0 fully saturated rings. The molecule has 0 saturated heterocycles. The fraction of sp³-hybridized carbons (Fsp3) is 0.0323. The fourth-order valence-corrected chi connectivity index (χ4v) is 4.59. The molecule has 4 aromatic carbocycles. The van der Waals surface area contributed by atoms with E-state index in [0.29, 0.717) is 35.5 Å². The zero-order chi connectivity index (χ0) is 24.5. The summed E-state index contributed by atoms with van der Waals surface area (Å²) in [7, 11) is 0. The van der Waals surface area contributed by atoms with Crippen LogP contribution in [0.3, 0.4) is 0 Å². The van der Waals surface area contributed by atoms with E-state index in [4.69, 9.17) is 4.74 Å². The topological polar surface area (TPSA) is 55.8 Å². The molecule has 2 heterocycles. The molecule has 5 nitrogen and oxygen atoms in total. The Bertz CT molecular complexity index is 1460. The van der Waals surface area contributed by atoms with Crippen molar-refractivity contribution in [3.8, 4) is 0 Å². The smallest absolute Gasteiger partial charge is 0.262 e. The minimum absolute atomic E-state index is 0.125. The molecule has 0 atom stereocenters. The molecule has 1 amide bonds. The van der Waals surface area contributed by atoms with E-state index >= 15 is 0 Å². The number of para-hydroxylation sites is 2. The van der Waals surface area contributed by atoms with Crippen LogP contribution < -0.4 is 14.9 Å².